The van der Waals surface area contributed by atoms with Crippen molar-refractivity contribution in [3.05, 3.63) is 34.6 Å². The molecule has 17 heavy (non-hydrogen) atoms. The zero-order chi connectivity index (χ0) is 12.3. The summed E-state index contributed by atoms with van der Waals surface area (Å²) in [4.78, 5) is 0. The van der Waals surface area contributed by atoms with E-state index in [2.05, 4.69) is 5.43 Å². The van der Waals surface area contributed by atoms with Gasteiger partial charge in [-0.05, 0) is 48.8 Å². The lowest BCUT2D eigenvalue weighted by Gasteiger charge is -2.22. The Morgan fingerprint density at radius 2 is 2.41 bits per heavy atom. The summed E-state index contributed by atoms with van der Waals surface area (Å²) in [7, 11) is 0. The van der Waals surface area contributed by atoms with Crippen LogP contribution < -0.4 is 11.3 Å². The van der Waals surface area contributed by atoms with Gasteiger partial charge in [-0.15, -0.1) is 0 Å². The fourth-order valence-corrected chi connectivity index (χ4v) is 3.73. The molecule has 0 aliphatic carbocycles. The number of thioether (sulfide) groups is 1. The molecule has 1 aromatic carbocycles. The van der Waals surface area contributed by atoms with Gasteiger partial charge >= 0.3 is 0 Å². The van der Waals surface area contributed by atoms with Crippen molar-refractivity contribution >= 4 is 23.4 Å². The lowest BCUT2D eigenvalue weighted by Crippen LogP contribution is -2.43. The standard InChI is InChI=1S/C12H16ClFN2S/c13-10-4-3-9(14)6-8(10)7-11(16-15)12-2-1-5-17-12/h3-4,6,11-12,16H,1-2,5,7,15H2. The fourth-order valence-electron chi connectivity index (χ4n) is 2.15. The Bertz CT molecular complexity index is 383. The van der Waals surface area contributed by atoms with E-state index in [-0.39, 0.29) is 11.9 Å². The maximum absolute atomic E-state index is 13.2. The molecule has 5 heteroatoms. The van der Waals surface area contributed by atoms with E-state index in [0.717, 1.165) is 12.0 Å². The van der Waals surface area contributed by atoms with Crippen molar-refractivity contribution in [3.63, 3.8) is 0 Å². The van der Waals surface area contributed by atoms with E-state index in [1.165, 1.54) is 24.3 Å². The van der Waals surface area contributed by atoms with Crippen LogP contribution in [0.25, 0.3) is 0 Å². The van der Waals surface area contributed by atoms with Crippen LogP contribution >= 0.6 is 23.4 Å². The number of rotatable bonds is 4. The maximum Gasteiger partial charge on any atom is 0.123 e. The Labute approximate surface area is 110 Å². The molecule has 94 valence electrons. The lowest BCUT2D eigenvalue weighted by molar-refractivity contribution is 0.494. The summed E-state index contributed by atoms with van der Waals surface area (Å²) >= 11 is 7.99. The monoisotopic (exact) mass is 274 g/mol. The van der Waals surface area contributed by atoms with Crippen LogP contribution in [0.1, 0.15) is 18.4 Å². The molecule has 2 atom stereocenters. The summed E-state index contributed by atoms with van der Waals surface area (Å²) in [5.41, 5.74) is 3.66. The Morgan fingerprint density at radius 3 is 3.06 bits per heavy atom. The maximum atomic E-state index is 13.2. The normalized spacial score (nSPS) is 21.7. The van der Waals surface area contributed by atoms with Crippen molar-refractivity contribution in [2.45, 2.75) is 30.6 Å². The highest BCUT2D eigenvalue weighted by molar-refractivity contribution is 8.00. The molecule has 0 saturated carbocycles. The molecule has 1 saturated heterocycles. The van der Waals surface area contributed by atoms with E-state index in [1.54, 1.807) is 6.07 Å². The third-order valence-corrected chi connectivity index (χ3v) is 4.96. The summed E-state index contributed by atoms with van der Waals surface area (Å²) in [5, 5.41) is 1.11. The Hall–Kier alpha value is -0.290. The number of nitrogens with one attached hydrogen (secondary N) is 1. The van der Waals surface area contributed by atoms with Gasteiger partial charge in [0.1, 0.15) is 5.82 Å². The van der Waals surface area contributed by atoms with Crippen LogP contribution in [0, 0.1) is 5.82 Å². The third-order valence-electron chi connectivity index (χ3n) is 3.08. The number of hydrogen-bond donors (Lipinski definition) is 2. The first-order valence-electron chi connectivity index (χ1n) is 5.72. The van der Waals surface area contributed by atoms with Crippen molar-refractivity contribution < 1.29 is 4.39 Å². The van der Waals surface area contributed by atoms with Crippen molar-refractivity contribution in [2.75, 3.05) is 5.75 Å². The van der Waals surface area contributed by atoms with Crippen LogP contribution in [0.2, 0.25) is 5.02 Å². The van der Waals surface area contributed by atoms with Crippen LogP contribution in [0.4, 0.5) is 4.39 Å². The number of hydrogen-bond acceptors (Lipinski definition) is 3. The summed E-state index contributed by atoms with van der Waals surface area (Å²) in [6.45, 7) is 0. The van der Waals surface area contributed by atoms with Gasteiger partial charge in [0, 0.05) is 16.3 Å². The molecule has 2 unspecified atom stereocenters. The summed E-state index contributed by atoms with van der Waals surface area (Å²) in [6, 6.07) is 4.62. The second kappa shape index (κ2) is 6.05. The predicted octanol–water partition coefficient (Wildman–Crippen LogP) is 2.75. The molecule has 0 amide bonds. The second-order valence-electron chi connectivity index (χ2n) is 4.26. The third kappa shape index (κ3) is 3.35. The van der Waals surface area contributed by atoms with Crippen LogP contribution in [0.3, 0.4) is 0 Å². The number of benzene rings is 1. The van der Waals surface area contributed by atoms with Crippen molar-refractivity contribution in [1.82, 2.24) is 5.43 Å². The fraction of sp³-hybridized carbons (Fsp3) is 0.500. The zero-order valence-corrected chi connectivity index (χ0v) is 11.0. The Morgan fingerprint density at radius 1 is 1.59 bits per heavy atom. The number of hydrazine groups is 1. The lowest BCUT2D eigenvalue weighted by atomic mass is 10.0. The first kappa shape index (κ1) is 13.1. The van der Waals surface area contributed by atoms with Gasteiger partial charge in [0.2, 0.25) is 0 Å². The zero-order valence-electron chi connectivity index (χ0n) is 9.46. The molecular formula is C12H16ClFN2S. The Balaban J connectivity index is 2.09. The van der Waals surface area contributed by atoms with E-state index >= 15 is 0 Å². The van der Waals surface area contributed by atoms with Gasteiger partial charge in [-0.1, -0.05) is 11.6 Å². The van der Waals surface area contributed by atoms with Gasteiger partial charge in [0.15, 0.2) is 0 Å². The van der Waals surface area contributed by atoms with Gasteiger partial charge in [-0.2, -0.15) is 11.8 Å². The summed E-state index contributed by atoms with van der Waals surface area (Å²) in [6.07, 6.45) is 3.06. The highest BCUT2D eigenvalue weighted by Gasteiger charge is 2.25. The molecule has 1 aliphatic heterocycles. The van der Waals surface area contributed by atoms with Crippen LogP contribution in [-0.2, 0) is 6.42 Å². The summed E-state index contributed by atoms with van der Waals surface area (Å²) < 4.78 is 13.2. The van der Waals surface area contributed by atoms with Crippen molar-refractivity contribution in [1.29, 1.82) is 0 Å². The molecule has 1 aromatic rings. The second-order valence-corrected chi connectivity index (χ2v) is 6.02. The van der Waals surface area contributed by atoms with Gasteiger partial charge in [0.05, 0.1) is 0 Å². The molecular weight excluding hydrogens is 259 g/mol. The van der Waals surface area contributed by atoms with Crippen molar-refractivity contribution in [3.8, 4) is 0 Å². The smallest absolute Gasteiger partial charge is 0.123 e. The molecule has 0 radical (unpaired) electrons. The molecule has 0 aromatic heterocycles. The molecule has 2 nitrogen and oxygen atoms in total. The van der Waals surface area contributed by atoms with E-state index in [0.29, 0.717) is 16.7 Å². The van der Waals surface area contributed by atoms with Gasteiger partial charge in [-0.25, -0.2) is 4.39 Å². The Kier molecular flexibility index (Phi) is 4.68. The minimum atomic E-state index is -0.251. The van der Waals surface area contributed by atoms with Crippen LogP contribution in [0.5, 0.6) is 0 Å². The van der Waals surface area contributed by atoms with Crippen molar-refractivity contribution in [2.24, 2.45) is 5.84 Å². The quantitative estimate of drug-likeness (QED) is 0.655. The molecule has 1 aliphatic rings. The first-order chi connectivity index (χ1) is 8.20. The average Bonchev–Trinajstić information content (AvgIpc) is 2.84. The molecule has 2 rings (SSSR count). The van der Waals surface area contributed by atoms with E-state index in [9.17, 15) is 4.39 Å². The van der Waals surface area contributed by atoms with Crippen LogP contribution in [-0.4, -0.2) is 17.0 Å². The number of halogens is 2. The topological polar surface area (TPSA) is 38.0 Å². The SMILES string of the molecule is NNC(Cc1cc(F)ccc1Cl)C1CCCS1. The van der Waals surface area contributed by atoms with Crippen LogP contribution in [0.15, 0.2) is 18.2 Å². The molecule has 0 bridgehead atoms. The molecule has 3 N–H and O–H groups in total. The number of nitrogens with two attached hydrogens (primary N) is 1. The predicted molar refractivity (Wildman–Crippen MR) is 71.7 cm³/mol. The summed E-state index contributed by atoms with van der Waals surface area (Å²) in [5.74, 6) is 6.52. The van der Waals surface area contributed by atoms with E-state index < -0.39 is 0 Å². The minimum absolute atomic E-state index is 0.154. The molecule has 1 fully saturated rings. The first-order valence-corrected chi connectivity index (χ1v) is 7.15. The van der Waals surface area contributed by atoms with Gasteiger partial charge in [-0.3, -0.25) is 11.3 Å². The minimum Gasteiger partial charge on any atom is -0.271 e. The largest absolute Gasteiger partial charge is 0.271 e. The van der Waals surface area contributed by atoms with E-state index in [4.69, 9.17) is 17.4 Å². The molecule has 0 spiro atoms. The van der Waals surface area contributed by atoms with Gasteiger partial charge < -0.3 is 0 Å². The van der Waals surface area contributed by atoms with E-state index in [1.807, 2.05) is 11.8 Å². The highest BCUT2D eigenvalue weighted by Crippen LogP contribution is 2.31. The average molecular weight is 275 g/mol. The van der Waals surface area contributed by atoms with Gasteiger partial charge in [0.25, 0.3) is 0 Å². The highest BCUT2D eigenvalue weighted by atomic mass is 35.5. The molecule has 1 heterocycles.